The van der Waals surface area contributed by atoms with Crippen LogP contribution in [0.3, 0.4) is 0 Å². The van der Waals surface area contributed by atoms with Crippen molar-refractivity contribution in [1.82, 2.24) is 9.78 Å². The molecule has 4 rings (SSSR count). The van der Waals surface area contributed by atoms with Crippen molar-refractivity contribution in [3.05, 3.63) is 82.1 Å². The predicted octanol–water partition coefficient (Wildman–Crippen LogP) is 4.75. The largest absolute Gasteiger partial charge is 0.294 e. The van der Waals surface area contributed by atoms with Crippen molar-refractivity contribution in [3.63, 3.8) is 0 Å². The van der Waals surface area contributed by atoms with Gasteiger partial charge in [0.25, 0.3) is 0 Å². The number of rotatable bonds is 2. The number of benzene rings is 2. The average Bonchev–Trinajstić information content (AvgIpc) is 2.99. The van der Waals surface area contributed by atoms with E-state index in [1.165, 1.54) is 5.56 Å². The zero-order valence-electron chi connectivity index (χ0n) is 13.4. The molecule has 0 unspecified atom stereocenters. The topological polar surface area (TPSA) is 34.9 Å². The molecule has 3 nitrogen and oxygen atoms in total. The number of hydrogen-bond acceptors (Lipinski definition) is 2. The number of carbonyl (C=O) groups is 1. The number of ketones is 1. The minimum Gasteiger partial charge on any atom is -0.294 e. The van der Waals surface area contributed by atoms with E-state index in [1.807, 2.05) is 41.1 Å². The summed E-state index contributed by atoms with van der Waals surface area (Å²) in [5.74, 6) is 0.295. The Hall–Kier alpha value is -2.39. The first kappa shape index (κ1) is 15.2. The highest BCUT2D eigenvalue weighted by molar-refractivity contribution is 6.30. The van der Waals surface area contributed by atoms with Gasteiger partial charge >= 0.3 is 0 Å². The molecule has 1 heterocycles. The van der Waals surface area contributed by atoms with Crippen LogP contribution in [0.25, 0.3) is 5.69 Å². The fourth-order valence-electron chi connectivity index (χ4n) is 3.42. The number of fused-ring (bicyclic) bond motifs is 1. The second-order valence-corrected chi connectivity index (χ2v) is 6.78. The van der Waals surface area contributed by atoms with Gasteiger partial charge in [-0.2, -0.15) is 5.10 Å². The van der Waals surface area contributed by atoms with Crippen LogP contribution in [0.15, 0.2) is 54.7 Å². The highest BCUT2D eigenvalue weighted by Gasteiger charge is 2.30. The summed E-state index contributed by atoms with van der Waals surface area (Å²) < 4.78 is 1.90. The Kier molecular flexibility index (Phi) is 3.73. The van der Waals surface area contributed by atoms with Gasteiger partial charge in [-0.25, -0.2) is 4.68 Å². The van der Waals surface area contributed by atoms with E-state index in [1.54, 1.807) is 6.20 Å². The average molecular weight is 337 g/mol. The molecule has 0 N–H and O–H groups in total. The van der Waals surface area contributed by atoms with Crippen molar-refractivity contribution in [1.29, 1.82) is 0 Å². The second kappa shape index (κ2) is 5.91. The maximum Gasteiger partial charge on any atom is 0.166 e. The molecule has 24 heavy (non-hydrogen) atoms. The number of hydrogen-bond donors (Lipinski definition) is 0. The molecular weight excluding hydrogens is 320 g/mol. The Morgan fingerprint density at radius 2 is 1.96 bits per heavy atom. The second-order valence-electron chi connectivity index (χ2n) is 6.34. The Morgan fingerprint density at radius 3 is 2.75 bits per heavy atom. The minimum absolute atomic E-state index is 0.143. The lowest BCUT2D eigenvalue weighted by molar-refractivity contribution is 0.0963. The maximum atomic E-state index is 12.6. The number of aromatic nitrogens is 2. The molecule has 0 aliphatic heterocycles. The normalized spacial score (nSPS) is 16.9. The third-order valence-electron chi connectivity index (χ3n) is 4.61. The Labute approximate surface area is 145 Å². The summed E-state index contributed by atoms with van der Waals surface area (Å²) in [6.07, 6.45) is 3.00. The van der Waals surface area contributed by atoms with Crippen molar-refractivity contribution in [2.75, 3.05) is 0 Å². The first-order valence-electron chi connectivity index (χ1n) is 8.04. The van der Waals surface area contributed by atoms with Crippen molar-refractivity contribution >= 4 is 17.4 Å². The van der Waals surface area contributed by atoms with Crippen molar-refractivity contribution in [2.45, 2.75) is 25.7 Å². The van der Waals surface area contributed by atoms with Gasteiger partial charge in [-0.1, -0.05) is 35.9 Å². The van der Waals surface area contributed by atoms with E-state index in [0.717, 1.165) is 28.9 Å². The molecule has 0 fully saturated rings. The van der Waals surface area contributed by atoms with Crippen LogP contribution in [-0.4, -0.2) is 15.6 Å². The summed E-state index contributed by atoms with van der Waals surface area (Å²) in [4.78, 5) is 12.6. The minimum atomic E-state index is 0.143. The van der Waals surface area contributed by atoms with E-state index in [9.17, 15) is 4.79 Å². The zero-order valence-corrected chi connectivity index (χ0v) is 14.1. The maximum absolute atomic E-state index is 12.6. The lowest BCUT2D eigenvalue weighted by Gasteiger charge is -2.23. The van der Waals surface area contributed by atoms with E-state index in [-0.39, 0.29) is 11.7 Å². The van der Waals surface area contributed by atoms with Gasteiger partial charge in [0.05, 0.1) is 23.1 Å². The molecule has 2 aromatic carbocycles. The molecule has 0 spiro atoms. The fraction of sp³-hybridized carbons (Fsp3) is 0.200. The number of carbonyl (C=O) groups excluding carboxylic acids is 1. The molecule has 0 amide bonds. The van der Waals surface area contributed by atoms with Crippen LogP contribution >= 0.6 is 11.6 Å². The fourth-order valence-corrected chi connectivity index (χ4v) is 3.62. The van der Waals surface area contributed by atoms with Gasteiger partial charge in [0.15, 0.2) is 5.78 Å². The number of nitrogens with zero attached hydrogens (tertiary/aromatic N) is 2. The van der Waals surface area contributed by atoms with Crippen molar-refractivity contribution in [3.8, 4) is 5.69 Å². The smallest absolute Gasteiger partial charge is 0.166 e. The van der Waals surface area contributed by atoms with E-state index >= 15 is 0 Å². The molecule has 120 valence electrons. The van der Waals surface area contributed by atoms with Crippen LogP contribution < -0.4 is 0 Å². The molecule has 1 aromatic heterocycles. The molecule has 0 saturated carbocycles. The first-order chi connectivity index (χ1) is 11.6. The zero-order chi connectivity index (χ0) is 16.7. The third-order valence-corrected chi connectivity index (χ3v) is 4.84. The summed E-state index contributed by atoms with van der Waals surface area (Å²) in [5.41, 5.74) is 5.01. The van der Waals surface area contributed by atoms with Gasteiger partial charge in [-0.05, 0) is 54.7 Å². The molecule has 0 radical (unpaired) electrons. The van der Waals surface area contributed by atoms with Gasteiger partial charge < -0.3 is 0 Å². The lowest BCUT2D eigenvalue weighted by Crippen LogP contribution is -2.20. The SMILES string of the molecule is Cc1cccc(-n2ncc3c2C[C@H](c2cccc(Cl)c2)CC3=O)c1. The van der Waals surface area contributed by atoms with Crippen LogP contribution in [-0.2, 0) is 6.42 Å². The molecule has 4 heteroatoms. The van der Waals surface area contributed by atoms with Crippen LogP contribution in [0.5, 0.6) is 0 Å². The molecular formula is C20H17ClN2O. The van der Waals surface area contributed by atoms with Crippen molar-refractivity contribution < 1.29 is 4.79 Å². The summed E-state index contributed by atoms with van der Waals surface area (Å²) in [7, 11) is 0. The quantitative estimate of drug-likeness (QED) is 0.677. The Balaban J connectivity index is 1.76. The van der Waals surface area contributed by atoms with E-state index in [0.29, 0.717) is 11.4 Å². The number of halogens is 1. The van der Waals surface area contributed by atoms with Crippen LogP contribution in [0.4, 0.5) is 0 Å². The molecule has 1 aliphatic rings. The van der Waals surface area contributed by atoms with Crippen LogP contribution in [0.2, 0.25) is 5.02 Å². The van der Waals surface area contributed by atoms with Crippen LogP contribution in [0, 0.1) is 6.92 Å². The first-order valence-corrected chi connectivity index (χ1v) is 8.42. The molecule has 0 saturated heterocycles. The highest BCUT2D eigenvalue weighted by atomic mass is 35.5. The molecule has 1 aliphatic carbocycles. The Bertz CT molecular complexity index is 929. The summed E-state index contributed by atoms with van der Waals surface area (Å²) in [6, 6.07) is 16.0. The van der Waals surface area contributed by atoms with Gasteiger partial charge in [0, 0.05) is 11.4 Å². The summed E-state index contributed by atoms with van der Waals surface area (Å²) in [6.45, 7) is 2.05. The van der Waals surface area contributed by atoms with Gasteiger partial charge in [0.2, 0.25) is 0 Å². The summed E-state index contributed by atoms with van der Waals surface area (Å²) in [5, 5.41) is 5.18. The molecule has 3 aromatic rings. The van der Waals surface area contributed by atoms with E-state index < -0.39 is 0 Å². The van der Waals surface area contributed by atoms with Crippen LogP contribution in [0.1, 0.15) is 39.5 Å². The number of aryl methyl sites for hydroxylation is 1. The summed E-state index contributed by atoms with van der Waals surface area (Å²) >= 11 is 6.12. The lowest BCUT2D eigenvalue weighted by atomic mass is 9.82. The number of Topliss-reactive ketones (excluding diaryl/α,β-unsaturated/α-hetero) is 1. The van der Waals surface area contributed by atoms with Crippen molar-refractivity contribution in [2.24, 2.45) is 0 Å². The molecule has 0 bridgehead atoms. The standard InChI is InChI=1S/C20H17ClN2O/c1-13-4-2-7-17(8-13)23-19-10-15(11-20(24)18(19)12-22-23)14-5-3-6-16(21)9-14/h2-9,12,15H,10-11H2,1H3/t15-/m0/s1. The highest BCUT2D eigenvalue weighted by Crippen LogP contribution is 2.34. The van der Waals surface area contributed by atoms with E-state index in [2.05, 4.69) is 24.2 Å². The Morgan fingerprint density at radius 1 is 1.12 bits per heavy atom. The third kappa shape index (κ3) is 2.65. The van der Waals surface area contributed by atoms with Gasteiger partial charge in [-0.3, -0.25) is 4.79 Å². The van der Waals surface area contributed by atoms with Gasteiger partial charge in [0.1, 0.15) is 0 Å². The predicted molar refractivity (Wildman–Crippen MR) is 95.1 cm³/mol. The monoisotopic (exact) mass is 336 g/mol. The van der Waals surface area contributed by atoms with Gasteiger partial charge in [-0.15, -0.1) is 0 Å². The molecule has 1 atom stereocenters. The van der Waals surface area contributed by atoms with E-state index in [4.69, 9.17) is 11.6 Å².